The summed E-state index contributed by atoms with van der Waals surface area (Å²) in [6.07, 6.45) is -5.93. The Kier molecular flexibility index (Phi) is 5.45. The van der Waals surface area contributed by atoms with Gasteiger partial charge in [-0.05, 0) is 54.1 Å². The van der Waals surface area contributed by atoms with Crippen LogP contribution in [0.4, 0.5) is 24.5 Å². The molecule has 2 saturated heterocycles. The normalized spacial score (nSPS) is 22.3. The first-order chi connectivity index (χ1) is 16.2. The molecule has 10 heteroatoms. The molecule has 0 unspecified atom stereocenters. The highest BCUT2D eigenvalue weighted by Gasteiger charge is 2.60. The van der Waals surface area contributed by atoms with Gasteiger partial charge in [-0.15, -0.1) is 13.2 Å². The van der Waals surface area contributed by atoms with E-state index in [1.807, 2.05) is 0 Å². The summed E-state index contributed by atoms with van der Waals surface area (Å²) in [6.45, 7) is 0. The highest BCUT2D eigenvalue weighted by Crippen LogP contribution is 2.47. The van der Waals surface area contributed by atoms with Gasteiger partial charge in [0, 0.05) is 5.02 Å². The van der Waals surface area contributed by atoms with E-state index >= 15 is 0 Å². The van der Waals surface area contributed by atoms with Gasteiger partial charge < -0.3 is 4.74 Å². The molecule has 3 atom stereocenters. The maximum Gasteiger partial charge on any atom is 0.573 e. The summed E-state index contributed by atoms with van der Waals surface area (Å²) < 4.78 is 41.7. The second kappa shape index (κ2) is 8.34. The SMILES string of the molecule is O=C1[C@H]2[C@@H](ON(c3ccccc3)[C@H]2c2ccc(OC(F)(F)F)cc2)C(=O)N1c1ccc(Cl)cc1. The Morgan fingerprint density at radius 2 is 1.47 bits per heavy atom. The number of benzene rings is 3. The molecule has 34 heavy (non-hydrogen) atoms. The molecule has 174 valence electrons. The molecule has 0 radical (unpaired) electrons. The van der Waals surface area contributed by atoms with Gasteiger partial charge in [0.25, 0.3) is 5.91 Å². The molecular formula is C24H16ClF3N2O4. The van der Waals surface area contributed by atoms with Crippen LogP contribution < -0.4 is 14.7 Å². The van der Waals surface area contributed by atoms with Gasteiger partial charge >= 0.3 is 6.36 Å². The van der Waals surface area contributed by atoms with E-state index in [4.69, 9.17) is 16.4 Å². The summed E-state index contributed by atoms with van der Waals surface area (Å²) in [5.74, 6) is -2.32. The molecule has 3 aromatic carbocycles. The molecule has 5 rings (SSSR count). The molecule has 2 aliphatic heterocycles. The number of fused-ring (bicyclic) bond motifs is 1. The summed E-state index contributed by atoms with van der Waals surface area (Å²) in [5.41, 5.74) is 1.44. The van der Waals surface area contributed by atoms with Gasteiger partial charge in [-0.3, -0.25) is 14.4 Å². The fraction of sp³-hybridized carbons (Fsp3) is 0.167. The first-order valence-electron chi connectivity index (χ1n) is 10.2. The van der Waals surface area contributed by atoms with Crippen LogP contribution in [0.1, 0.15) is 11.6 Å². The van der Waals surface area contributed by atoms with Crippen molar-refractivity contribution in [2.75, 3.05) is 9.96 Å². The van der Waals surface area contributed by atoms with E-state index in [0.29, 0.717) is 22.0 Å². The van der Waals surface area contributed by atoms with Crippen molar-refractivity contribution in [2.45, 2.75) is 18.5 Å². The zero-order valence-corrected chi connectivity index (χ0v) is 18.0. The minimum atomic E-state index is -4.83. The highest BCUT2D eigenvalue weighted by atomic mass is 35.5. The molecule has 3 aromatic rings. The van der Waals surface area contributed by atoms with E-state index in [1.165, 1.54) is 17.2 Å². The lowest BCUT2D eigenvalue weighted by atomic mass is 9.90. The Labute approximate surface area is 197 Å². The molecular weight excluding hydrogens is 473 g/mol. The van der Waals surface area contributed by atoms with Crippen molar-refractivity contribution < 1.29 is 32.3 Å². The van der Waals surface area contributed by atoms with Gasteiger partial charge in [-0.2, -0.15) is 0 Å². The lowest BCUT2D eigenvalue weighted by Crippen LogP contribution is -2.37. The van der Waals surface area contributed by atoms with Crippen LogP contribution in [-0.4, -0.2) is 24.3 Å². The number of amides is 2. The number of anilines is 2. The van der Waals surface area contributed by atoms with Crippen LogP contribution in [-0.2, 0) is 14.4 Å². The van der Waals surface area contributed by atoms with E-state index in [0.717, 1.165) is 17.0 Å². The second-order valence-electron chi connectivity index (χ2n) is 7.76. The molecule has 2 heterocycles. The summed E-state index contributed by atoms with van der Waals surface area (Å²) >= 11 is 5.93. The largest absolute Gasteiger partial charge is 0.573 e. The average molecular weight is 489 g/mol. The second-order valence-corrected chi connectivity index (χ2v) is 8.20. The van der Waals surface area contributed by atoms with Gasteiger partial charge in [0.05, 0.1) is 17.4 Å². The van der Waals surface area contributed by atoms with E-state index in [1.54, 1.807) is 54.6 Å². The van der Waals surface area contributed by atoms with Crippen LogP contribution in [0.3, 0.4) is 0 Å². The summed E-state index contributed by atoms with van der Waals surface area (Å²) in [6, 6.07) is 19.5. The van der Waals surface area contributed by atoms with Gasteiger partial charge in [0.1, 0.15) is 11.7 Å². The van der Waals surface area contributed by atoms with Gasteiger partial charge in [0.2, 0.25) is 5.91 Å². The first kappa shape index (κ1) is 22.2. The molecule has 2 amide bonds. The van der Waals surface area contributed by atoms with Crippen LogP contribution in [0.5, 0.6) is 5.75 Å². The fourth-order valence-electron chi connectivity index (χ4n) is 4.26. The Bertz CT molecular complexity index is 1220. The number of para-hydroxylation sites is 1. The van der Waals surface area contributed by atoms with Crippen molar-refractivity contribution in [3.8, 4) is 5.75 Å². The van der Waals surface area contributed by atoms with Crippen molar-refractivity contribution in [3.63, 3.8) is 0 Å². The average Bonchev–Trinajstić information content (AvgIpc) is 3.31. The Morgan fingerprint density at radius 3 is 2.09 bits per heavy atom. The maximum absolute atomic E-state index is 13.5. The van der Waals surface area contributed by atoms with Crippen molar-refractivity contribution >= 4 is 34.8 Å². The van der Waals surface area contributed by atoms with Crippen molar-refractivity contribution in [1.82, 2.24) is 0 Å². The smallest absolute Gasteiger partial charge is 0.406 e. The number of rotatable bonds is 4. The number of imide groups is 1. The number of carbonyl (C=O) groups is 2. The van der Waals surface area contributed by atoms with E-state index < -0.39 is 42.0 Å². The predicted octanol–water partition coefficient (Wildman–Crippen LogP) is 5.29. The first-order valence-corrected chi connectivity index (χ1v) is 10.6. The summed E-state index contributed by atoms with van der Waals surface area (Å²) in [5, 5.41) is 1.91. The zero-order valence-electron chi connectivity index (χ0n) is 17.3. The third kappa shape index (κ3) is 3.97. The topological polar surface area (TPSA) is 59.1 Å². The number of alkyl halides is 3. The third-order valence-corrected chi connectivity index (χ3v) is 5.92. The Balaban J connectivity index is 1.53. The molecule has 0 saturated carbocycles. The number of hydrogen-bond acceptors (Lipinski definition) is 5. The highest BCUT2D eigenvalue weighted by molar-refractivity contribution is 6.31. The Hall–Kier alpha value is -3.56. The third-order valence-electron chi connectivity index (χ3n) is 5.67. The quantitative estimate of drug-likeness (QED) is 0.467. The number of carbonyl (C=O) groups excluding carboxylic acids is 2. The molecule has 2 aliphatic rings. The molecule has 0 aromatic heterocycles. The minimum absolute atomic E-state index is 0.358. The molecule has 6 nitrogen and oxygen atoms in total. The van der Waals surface area contributed by atoms with Crippen LogP contribution in [0.2, 0.25) is 5.02 Å². The predicted molar refractivity (Wildman–Crippen MR) is 117 cm³/mol. The van der Waals surface area contributed by atoms with E-state index in [2.05, 4.69) is 4.74 Å². The minimum Gasteiger partial charge on any atom is -0.406 e. The van der Waals surface area contributed by atoms with Crippen LogP contribution in [0.25, 0.3) is 0 Å². The molecule has 2 fully saturated rings. The monoisotopic (exact) mass is 488 g/mol. The lowest BCUT2D eigenvalue weighted by Gasteiger charge is -2.28. The number of nitrogens with zero attached hydrogens (tertiary/aromatic N) is 2. The number of hydrogen-bond donors (Lipinski definition) is 0. The molecule has 0 bridgehead atoms. The van der Waals surface area contributed by atoms with Gasteiger partial charge in [-0.25, -0.2) is 9.96 Å². The van der Waals surface area contributed by atoms with Crippen molar-refractivity contribution in [2.24, 2.45) is 5.92 Å². The fourth-order valence-corrected chi connectivity index (χ4v) is 4.39. The maximum atomic E-state index is 13.5. The van der Waals surface area contributed by atoms with Gasteiger partial charge in [-0.1, -0.05) is 41.9 Å². The summed E-state index contributed by atoms with van der Waals surface area (Å²) in [7, 11) is 0. The molecule has 0 spiro atoms. The Morgan fingerprint density at radius 1 is 0.824 bits per heavy atom. The van der Waals surface area contributed by atoms with Crippen LogP contribution >= 0.6 is 11.6 Å². The van der Waals surface area contributed by atoms with Crippen molar-refractivity contribution in [3.05, 3.63) is 89.4 Å². The van der Waals surface area contributed by atoms with E-state index in [-0.39, 0.29) is 0 Å². The number of hydroxylamine groups is 1. The van der Waals surface area contributed by atoms with Crippen LogP contribution in [0, 0.1) is 5.92 Å². The van der Waals surface area contributed by atoms with E-state index in [9.17, 15) is 22.8 Å². The van der Waals surface area contributed by atoms with Gasteiger partial charge in [0.15, 0.2) is 6.10 Å². The zero-order chi connectivity index (χ0) is 24.0. The number of halogens is 4. The number of ether oxygens (including phenoxy) is 1. The lowest BCUT2D eigenvalue weighted by molar-refractivity contribution is -0.274. The van der Waals surface area contributed by atoms with Crippen molar-refractivity contribution in [1.29, 1.82) is 0 Å². The standard InChI is InChI=1S/C24H16ClF3N2O4/c25-15-8-10-16(11-9-15)29-22(31)19-20(14-6-12-18(13-7-14)33-24(26,27)28)30(34-21(19)23(29)32)17-4-2-1-3-5-17/h1-13,19-21H/t19-,20+,21-/m1/s1. The molecule has 0 N–H and O–H groups in total. The summed E-state index contributed by atoms with van der Waals surface area (Å²) in [4.78, 5) is 33.8. The molecule has 0 aliphatic carbocycles. The van der Waals surface area contributed by atoms with Crippen LogP contribution in [0.15, 0.2) is 78.9 Å².